The average Bonchev–Trinajstić information content (AvgIpc) is 2.50. The Morgan fingerprint density at radius 1 is 1.33 bits per heavy atom. The predicted octanol–water partition coefficient (Wildman–Crippen LogP) is 2.97. The molecule has 3 heteroatoms. The van der Waals surface area contributed by atoms with Crippen molar-refractivity contribution in [1.29, 1.82) is 0 Å². The Bertz CT molecular complexity index is 396. The summed E-state index contributed by atoms with van der Waals surface area (Å²) in [7, 11) is 4.35. The second-order valence-corrected chi connectivity index (χ2v) is 7.02. The maximum atomic E-state index is 4.42. The van der Waals surface area contributed by atoms with Crippen LogP contribution in [0.15, 0.2) is 24.4 Å². The van der Waals surface area contributed by atoms with Crippen LogP contribution in [0.25, 0.3) is 0 Å². The number of nitrogens with zero attached hydrogens (tertiary/aromatic N) is 2. The van der Waals surface area contributed by atoms with Crippen molar-refractivity contribution < 1.29 is 0 Å². The molecule has 1 heterocycles. The number of hydrogen-bond donors (Lipinski definition) is 1. The molecular formula is C18H31N3. The lowest BCUT2D eigenvalue weighted by Gasteiger charge is -2.42. The molecule has 0 aliphatic heterocycles. The van der Waals surface area contributed by atoms with Gasteiger partial charge >= 0.3 is 0 Å². The highest BCUT2D eigenvalue weighted by molar-refractivity contribution is 5.03. The van der Waals surface area contributed by atoms with Crippen molar-refractivity contribution in [3.05, 3.63) is 30.1 Å². The lowest BCUT2D eigenvalue weighted by atomic mass is 9.70. The zero-order chi connectivity index (χ0) is 15.1. The van der Waals surface area contributed by atoms with Crippen molar-refractivity contribution in [2.75, 3.05) is 33.7 Å². The lowest BCUT2D eigenvalue weighted by molar-refractivity contribution is 0.101. The molecule has 1 aliphatic carbocycles. The molecule has 1 aromatic rings. The summed E-state index contributed by atoms with van der Waals surface area (Å²) in [4.78, 5) is 6.92. The van der Waals surface area contributed by atoms with E-state index in [2.05, 4.69) is 48.4 Å². The van der Waals surface area contributed by atoms with Gasteiger partial charge in [-0.15, -0.1) is 0 Å². The van der Waals surface area contributed by atoms with Gasteiger partial charge in [0, 0.05) is 37.9 Å². The Morgan fingerprint density at radius 3 is 2.71 bits per heavy atom. The maximum absolute atomic E-state index is 4.42. The fraction of sp³-hybridized carbons (Fsp3) is 0.722. The Morgan fingerprint density at radius 2 is 2.10 bits per heavy atom. The highest BCUT2D eigenvalue weighted by Gasteiger charge is 2.34. The molecule has 21 heavy (non-hydrogen) atoms. The Hall–Kier alpha value is -0.930. The van der Waals surface area contributed by atoms with E-state index in [1.165, 1.54) is 37.9 Å². The zero-order valence-electron chi connectivity index (χ0n) is 13.9. The lowest BCUT2D eigenvalue weighted by Crippen LogP contribution is -2.44. The minimum Gasteiger partial charge on any atom is -0.319 e. The van der Waals surface area contributed by atoms with Crippen molar-refractivity contribution in [2.45, 2.75) is 39.0 Å². The molecule has 0 spiro atoms. The van der Waals surface area contributed by atoms with Crippen LogP contribution in [0.5, 0.6) is 0 Å². The van der Waals surface area contributed by atoms with Crippen LogP contribution in [0.3, 0.4) is 0 Å². The molecule has 0 bridgehead atoms. The number of pyridine rings is 1. The Balaban J connectivity index is 1.85. The van der Waals surface area contributed by atoms with Crippen molar-refractivity contribution >= 4 is 0 Å². The van der Waals surface area contributed by atoms with Crippen LogP contribution >= 0.6 is 0 Å². The summed E-state index contributed by atoms with van der Waals surface area (Å²) in [6.45, 7) is 5.84. The van der Waals surface area contributed by atoms with E-state index in [1.807, 2.05) is 12.3 Å². The van der Waals surface area contributed by atoms with E-state index in [9.17, 15) is 0 Å². The van der Waals surface area contributed by atoms with Crippen LogP contribution in [0.2, 0.25) is 0 Å². The van der Waals surface area contributed by atoms with E-state index in [0.29, 0.717) is 5.41 Å². The van der Waals surface area contributed by atoms with Gasteiger partial charge in [-0.25, -0.2) is 0 Å². The number of rotatable bonds is 7. The molecule has 1 saturated carbocycles. The van der Waals surface area contributed by atoms with Gasteiger partial charge in [0.05, 0.1) is 0 Å². The Labute approximate surface area is 130 Å². The van der Waals surface area contributed by atoms with Crippen molar-refractivity contribution in [3.8, 4) is 0 Å². The summed E-state index contributed by atoms with van der Waals surface area (Å²) < 4.78 is 0. The molecule has 0 radical (unpaired) electrons. The van der Waals surface area contributed by atoms with Crippen LogP contribution in [-0.4, -0.2) is 43.6 Å². The standard InChI is InChI=1S/C18H31N3/c1-16-7-10-18(11-8-16,14-19-2)15-21(3)13-9-17-6-4-5-12-20-17/h4-6,12,16,19H,7-11,13-15H2,1-3H3. The van der Waals surface area contributed by atoms with E-state index in [-0.39, 0.29) is 0 Å². The SMILES string of the molecule is CNCC1(CN(C)CCc2ccccn2)CCC(C)CC1. The molecular weight excluding hydrogens is 258 g/mol. The van der Waals surface area contributed by atoms with E-state index in [0.717, 1.165) is 25.4 Å². The second kappa shape index (κ2) is 7.90. The summed E-state index contributed by atoms with van der Waals surface area (Å²) in [6.07, 6.45) is 8.43. The normalized spacial score (nSPS) is 26.2. The first kappa shape index (κ1) is 16.4. The van der Waals surface area contributed by atoms with E-state index in [4.69, 9.17) is 0 Å². The summed E-state index contributed by atoms with van der Waals surface area (Å²) in [6, 6.07) is 6.19. The smallest absolute Gasteiger partial charge is 0.0416 e. The van der Waals surface area contributed by atoms with Gasteiger partial charge in [0.2, 0.25) is 0 Å². The average molecular weight is 289 g/mol. The van der Waals surface area contributed by atoms with Gasteiger partial charge in [0.15, 0.2) is 0 Å². The molecule has 0 amide bonds. The van der Waals surface area contributed by atoms with Gasteiger partial charge in [-0.3, -0.25) is 4.98 Å². The third-order valence-corrected chi connectivity index (χ3v) is 4.97. The number of nitrogens with one attached hydrogen (secondary N) is 1. The van der Waals surface area contributed by atoms with Crippen molar-refractivity contribution in [3.63, 3.8) is 0 Å². The number of likely N-dealkylation sites (N-methyl/N-ethyl adjacent to an activating group) is 1. The summed E-state index contributed by atoms with van der Waals surface area (Å²) in [5.41, 5.74) is 1.67. The molecule has 1 fully saturated rings. The van der Waals surface area contributed by atoms with Gasteiger partial charge in [0.25, 0.3) is 0 Å². The van der Waals surface area contributed by atoms with E-state index < -0.39 is 0 Å². The monoisotopic (exact) mass is 289 g/mol. The van der Waals surface area contributed by atoms with E-state index >= 15 is 0 Å². The predicted molar refractivity (Wildman–Crippen MR) is 89.4 cm³/mol. The Kier molecular flexibility index (Phi) is 6.19. The van der Waals surface area contributed by atoms with Crippen LogP contribution in [0.4, 0.5) is 0 Å². The van der Waals surface area contributed by atoms with Crippen LogP contribution < -0.4 is 5.32 Å². The second-order valence-electron chi connectivity index (χ2n) is 7.02. The fourth-order valence-corrected chi connectivity index (χ4v) is 3.64. The molecule has 0 aromatic carbocycles. The quantitative estimate of drug-likeness (QED) is 0.836. The highest BCUT2D eigenvalue weighted by Crippen LogP contribution is 2.38. The van der Waals surface area contributed by atoms with Crippen LogP contribution in [0, 0.1) is 11.3 Å². The molecule has 3 nitrogen and oxygen atoms in total. The molecule has 2 rings (SSSR count). The minimum absolute atomic E-state index is 0.472. The molecule has 0 unspecified atom stereocenters. The van der Waals surface area contributed by atoms with Crippen LogP contribution in [0.1, 0.15) is 38.3 Å². The molecule has 0 atom stereocenters. The number of hydrogen-bond acceptors (Lipinski definition) is 3. The largest absolute Gasteiger partial charge is 0.319 e. The molecule has 1 N–H and O–H groups in total. The van der Waals surface area contributed by atoms with Crippen LogP contribution in [-0.2, 0) is 6.42 Å². The van der Waals surface area contributed by atoms with Gasteiger partial charge in [-0.05, 0) is 50.4 Å². The molecule has 1 aliphatic rings. The number of aromatic nitrogens is 1. The summed E-state index contributed by atoms with van der Waals surface area (Å²) in [5, 5.41) is 3.43. The zero-order valence-corrected chi connectivity index (χ0v) is 13.9. The first-order valence-electron chi connectivity index (χ1n) is 8.37. The van der Waals surface area contributed by atoms with Crippen molar-refractivity contribution in [2.24, 2.45) is 11.3 Å². The minimum atomic E-state index is 0.472. The first-order chi connectivity index (χ1) is 10.1. The molecule has 1 aromatic heterocycles. The molecule has 0 saturated heterocycles. The summed E-state index contributed by atoms with van der Waals surface area (Å²) >= 11 is 0. The maximum Gasteiger partial charge on any atom is 0.0416 e. The van der Waals surface area contributed by atoms with Crippen molar-refractivity contribution in [1.82, 2.24) is 15.2 Å². The van der Waals surface area contributed by atoms with Gasteiger partial charge < -0.3 is 10.2 Å². The topological polar surface area (TPSA) is 28.2 Å². The summed E-state index contributed by atoms with van der Waals surface area (Å²) in [5.74, 6) is 0.911. The highest BCUT2D eigenvalue weighted by atomic mass is 15.1. The van der Waals surface area contributed by atoms with Gasteiger partial charge in [-0.2, -0.15) is 0 Å². The fourth-order valence-electron chi connectivity index (χ4n) is 3.64. The third kappa shape index (κ3) is 5.08. The van der Waals surface area contributed by atoms with Gasteiger partial charge in [0.1, 0.15) is 0 Å². The van der Waals surface area contributed by atoms with Gasteiger partial charge in [-0.1, -0.05) is 25.8 Å². The van der Waals surface area contributed by atoms with E-state index in [1.54, 1.807) is 0 Å². The third-order valence-electron chi connectivity index (χ3n) is 4.97. The first-order valence-corrected chi connectivity index (χ1v) is 8.37. The molecule has 118 valence electrons.